The van der Waals surface area contributed by atoms with Crippen molar-refractivity contribution >= 4 is 11.4 Å². The summed E-state index contributed by atoms with van der Waals surface area (Å²) < 4.78 is 14.1. The van der Waals surface area contributed by atoms with Crippen LogP contribution < -0.4 is 32.5 Å². The Labute approximate surface area is 259 Å². The summed E-state index contributed by atoms with van der Waals surface area (Å²) in [7, 11) is 1.94. The van der Waals surface area contributed by atoms with Crippen LogP contribution in [0.1, 0.15) is 68.5 Å². The Morgan fingerprint density at radius 3 is 2.49 bits per heavy atom. The maximum atomic E-state index is 14.1. The molecule has 43 heavy (non-hydrogen) atoms. The van der Waals surface area contributed by atoms with Crippen LogP contribution in [0.4, 0.5) is 10.1 Å². The average molecular weight is 595 g/mol. The van der Waals surface area contributed by atoms with Gasteiger partial charge in [0.15, 0.2) is 5.82 Å². The molecule has 0 saturated heterocycles. The van der Waals surface area contributed by atoms with Crippen LogP contribution in [-0.2, 0) is 6.54 Å². The van der Waals surface area contributed by atoms with Crippen molar-refractivity contribution in [3.05, 3.63) is 84.4 Å². The lowest BCUT2D eigenvalue weighted by Gasteiger charge is -2.26. The maximum Gasteiger partial charge on any atom is 0.150 e. The van der Waals surface area contributed by atoms with Crippen molar-refractivity contribution in [2.75, 3.05) is 38.1 Å². The minimum absolute atomic E-state index is 0.285. The van der Waals surface area contributed by atoms with E-state index in [0.717, 1.165) is 56.8 Å². The normalized spacial score (nSPS) is 14.4. The van der Waals surface area contributed by atoms with E-state index in [1.54, 1.807) is 12.3 Å². The van der Waals surface area contributed by atoms with Crippen LogP contribution in [-0.4, -0.2) is 43.2 Å². The largest absolute Gasteiger partial charge is 0.391 e. The Bertz CT molecular complexity index is 1170. The number of nitrogens with two attached hydrogens (primary N) is 2. The van der Waals surface area contributed by atoms with E-state index in [0.29, 0.717) is 29.6 Å². The molecule has 2 aromatic rings. The van der Waals surface area contributed by atoms with Crippen LogP contribution in [0.2, 0.25) is 0 Å². The summed E-state index contributed by atoms with van der Waals surface area (Å²) in [6.45, 7) is 20.3. The highest BCUT2D eigenvalue weighted by Crippen LogP contribution is 2.54. The van der Waals surface area contributed by atoms with Crippen molar-refractivity contribution in [1.29, 1.82) is 0 Å². The number of hydrogen-bond acceptors (Lipinski definition) is 8. The molecule has 1 atom stereocenters. The Balaban J connectivity index is 0.000000317. The molecule has 0 amide bonds. The van der Waals surface area contributed by atoms with E-state index in [-0.39, 0.29) is 11.2 Å². The predicted octanol–water partition coefficient (Wildman–Crippen LogP) is 5.35. The van der Waals surface area contributed by atoms with E-state index in [1.807, 2.05) is 32.3 Å². The fourth-order valence-corrected chi connectivity index (χ4v) is 5.25. The molecule has 0 spiro atoms. The molecular formula is C34H55FN8. The monoisotopic (exact) mass is 594 g/mol. The summed E-state index contributed by atoms with van der Waals surface area (Å²) in [4.78, 5) is 10.8. The fourth-order valence-electron chi connectivity index (χ4n) is 5.25. The van der Waals surface area contributed by atoms with Crippen LogP contribution in [0.15, 0.2) is 56.0 Å². The second-order valence-corrected chi connectivity index (χ2v) is 12.0. The zero-order valence-corrected chi connectivity index (χ0v) is 27.1. The second-order valence-electron chi connectivity index (χ2n) is 12.0. The first-order valence-corrected chi connectivity index (χ1v) is 15.4. The van der Waals surface area contributed by atoms with E-state index >= 15 is 0 Å². The lowest BCUT2D eigenvalue weighted by atomic mass is 9.87. The molecule has 1 aliphatic carbocycles. The highest BCUT2D eigenvalue weighted by molar-refractivity contribution is 5.64. The molecule has 7 N–H and O–H groups in total. The number of nitrogens with zero attached hydrogens (tertiary/aromatic N) is 3. The number of aryl methyl sites for hydroxylation is 2. The van der Waals surface area contributed by atoms with E-state index < -0.39 is 0 Å². The van der Waals surface area contributed by atoms with Crippen LogP contribution in [0, 0.1) is 36.9 Å². The number of nitrogens with one attached hydrogen (secondary N) is 3. The average Bonchev–Trinajstić information content (AvgIpc) is 3.75. The van der Waals surface area contributed by atoms with Gasteiger partial charge in [-0.1, -0.05) is 32.6 Å². The third-order valence-electron chi connectivity index (χ3n) is 7.83. The van der Waals surface area contributed by atoms with Gasteiger partial charge in [-0.25, -0.2) is 4.39 Å². The smallest absolute Gasteiger partial charge is 0.150 e. The first-order chi connectivity index (χ1) is 20.6. The van der Waals surface area contributed by atoms with E-state index in [2.05, 4.69) is 70.9 Å². The predicted molar refractivity (Wildman–Crippen MR) is 179 cm³/mol. The second kappa shape index (κ2) is 18.4. The van der Waals surface area contributed by atoms with E-state index in [9.17, 15) is 4.39 Å². The molecule has 2 aromatic heterocycles. The minimum Gasteiger partial charge on any atom is -0.391 e. The number of allylic oxidation sites excluding steroid dienone is 2. The number of rotatable bonds is 18. The standard InChI is InChI=1S/C20H29FN4.C14H26N4/c1-4-16(7-11-23-5-2)13-20(9-10-20)8-6-19(25-22)17-12-15(3)24-14-18(17)21;1-11(2)10-18(6-5-15)13-7-12(3)14(9-16-4)17-8-13/h4-6,12,14,16,23,25H,1-2,7-11,13,22H2,3H3;7-8,11,16H,5-6,9-10,15H2,1-4H3/b19-6-;. The van der Waals surface area contributed by atoms with E-state index in [4.69, 9.17) is 11.6 Å². The molecule has 1 fully saturated rings. The van der Waals surface area contributed by atoms with Crippen molar-refractivity contribution in [2.45, 2.75) is 66.3 Å². The molecule has 2 heterocycles. The first-order valence-electron chi connectivity index (χ1n) is 15.4. The Kier molecular flexibility index (Phi) is 15.4. The highest BCUT2D eigenvalue weighted by Gasteiger charge is 2.42. The van der Waals surface area contributed by atoms with Gasteiger partial charge in [-0.15, -0.1) is 6.58 Å². The van der Waals surface area contributed by atoms with Crippen LogP contribution in [0.25, 0.3) is 5.70 Å². The summed E-state index contributed by atoms with van der Waals surface area (Å²) in [6, 6.07) is 3.92. The molecule has 3 rings (SSSR count). The summed E-state index contributed by atoms with van der Waals surface area (Å²) in [5.41, 5.74) is 14.0. The third kappa shape index (κ3) is 12.1. The van der Waals surface area contributed by atoms with Crippen molar-refractivity contribution < 1.29 is 4.39 Å². The quantitative estimate of drug-likeness (QED) is 0.0679. The van der Waals surface area contributed by atoms with Crippen LogP contribution in [0.3, 0.4) is 0 Å². The molecule has 9 heteroatoms. The molecule has 0 aromatic carbocycles. The van der Waals surface area contributed by atoms with Gasteiger partial charge in [0.25, 0.3) is 0 Å². The van der Waals surface area contributed by atoms with Gasteiger partial charge in [0.1, 0.15) is 0 Å². The fraction of sp³-hybridized carbons (Fsp3) is 0.529. The molecule has 0 radical (unpaired) electrons. The molecule has 1 saturated carbocycles. The van der Waals surface area contributed by atoms with Gasteiger partial charge >= 0.3 is 0 Å². The number of anilines is 1. The third-order valence-corrected chi connectivity index (χ3v) is 7.83. The van der Waals surface area contributed by atoms with Gasteiger partial charge in [-0.3, -0.25) is 15.8 Å². The Morgan fingerprint density at radius 1 is 1.19 bits per heavy atom. The minimum atomic E-state index is -0.362. The maximum absolute atomic E-state index is 14.1. The topological polar surface area (TPSA) is 117 Å². The van der Waals surface area contributed by atoms with Gasteiger partial charge in [-0.2, -0.15) is 0 Å². The van der Waals surface area contributed by atoms with Gasteiger partial charge in [0, 0.05) is 44.0 Å². The lowest BCUT2D eigenvalue weighted by Crippen LogP contribution is -2.32. The number of aromatic nitrogens is 2. The molecule has 1 unspecified atom stereocenters. The van der Waals surface area contributed by atoms with E-state index in [1.165, 1.54) is 30.3 Å². The van der Waals surface area contributed by atoms with Crippen molar-refractivity contribution in [1.82, 2.24) is 26.0 Å². The Hall–Kier alpha value is -3.27. The van der Waals surface area contributed by atoms with Gasteiger partial charge in [-0.05, 0) is 94.1 Å². The molecule has 1 aliphatic rings. The summed E-state index contributed by atoms with van der Waals surface area (Å²) in [6.07, 6.45) is 14.4. The number of pyridine rings is 2. The Morgan fingerprint density at radius 2 is 1.93 bits per heavy atom. The van der Waals surface area contributed by atoms with Crippen LogP contribution in [0.5, 0.6) is 0 Å². The number of hydrogen-bond donors (Lipinski definition) is 5. The molecule has 0 bridgehead atoms. The van der Waals surface area contributed by atoms with Gasteiger partial charge in [0.05, 0.1) is 29.5 Å². The first kappa shape index (κ1) is 35.9. The number of hydrazine groups is 1. The summed E-state index contributed by atoms with van der Waals surface area (Å²) in [5.74, 6) is 6.37. The highest BCUT2D eigenvalue weighted by atomic mass is 19.1. The van der Waals surface area contributed by atoms with Crippen molar-refractivity contribution in [3.63, 3.8) is 0 Å². The molecule has 238 valence electrons. The van der Waals surface area contributed by atoms with Crippen molar-refractivity contribution in [3.8, 4) is 0 Å². The zero-order valence-electron chi connectivity index (χ0n) is 27.1. The van der Waals surface area contributed by atoms with Crippen LogP contribution >= 0.6 is 0 Å². The lowest BCUT2D eigenvalue weighted by molar-refractivity contribution is 0.383. The number of halogens is 1. The van der Waals surface area contributed by atoms with Gasteiger partial charge in [0.2, 0.25) is 0 Å². The molecule has 8 nitrogen and oxygen atoms in total. The summed E-state index contributed by atoms with van der Waals surface area (Å²) in [5, 5.41) is 6.28. The van der Waals surface area contributed by atoms with Crippen molar-refractivity contribution in [2.24, 2.45) is 28.8 Å². The van der Waals surface area contributed by atoms with Gasteiger partial charge < -0.3 is 26.7 Å². The summed E-state index contributed by atoms with van der Waals surface area (Å²) >= 11 is 0. The molecule has 0 aliphatic heterocycles. The zero-order chi connectivity index (χ0) is 31.8. The SMILES string of the molecule is C=CNCCC(C=C)CC1(C/C=C(\NN)c2cc(C)ncc2F)CC1.CNCc1ncc(N(CCN)CC(C)C)cc1C. The molecular weight excluding hydrogens is 539 g/mol.